The van der Waals surface area contributed by atoms with Crippen LogP contribution in [0.2, 0.25) is 0 Å². The van der Waals surface area contributed by atoms with Gasteiger partial charge in [0.1, 0.15) is 0 Å². The molecule has 78 valence electrons. The van der Waals surface area contributed by atoms with Crippen molar-refractivity contribution in [3.8, 4) is 0 Å². The fourth-order valence-corrected chi connectivity index (χ4v) is 3.95. The maximum atomic E-state index is 10.3. The summed E-state index contributed by atoms with van der Waals surface area (Å²) < 4.78 is 1.75. The summed E-state index contributed by atoms with van der Waals surface area (Å²) in [5.74, 6) is -0.894. The van der Waals surface area contributed by atoms with Crippen LogP contribution in [0.4, 0.5) is 0 Å². The number of carboxylic acids is 1. The van der Waals surface area contributed by atoms with Crippen LogP contribution in [-0.2, 0) is 4.79 Å². The highest BCUT2D eigenvalue weighted by atomic mass is 79.9. The van der Waals surface area contributed by atoms with Crippen molar-refractivity contribution in [2.24, 2.45) is 0 Å². The maximum absolute atomic E-state index is 10.3. The lowest BCUT2D eigenvalue weighted by Gasteiger charge is -2.07. The van der Waals surface area contributed by atoms with Gasteiger partial charge in [0.15, 0.2) is 0 Å². The van der Waals surface area contributed by atoms with Gasteiger partial charge < -0.3 is 10.2 Å². The first kappa shape index (κ1) is 12.2. The Morgan fingerprint density at radius 3 is 2.64 bits per heavy atom. The Morgan fingerprint density at radius 1 is 1.57 bits per heavy atom. The lowest BCUT2D eigenvalue weighted by molar-refractivity contribution is -0.137. The fraction of sp³-hybridized carbons (Fsp3) is 0.375. The molecule has 0 aromatic carbocycles. The van der Waals surface area contributed by atoms with Gasteiger partial charge in [-0.15, -0.1) is 11.3 Å². The summed E-state index contributed by atoms with van der Waals surface area (Å²) in [6.45, 7) is 0. The first-order valence-electron chi connectivity index (χ1n) is 3.85. The van der Waals surface area contributed by atoms with Crippen LogP contribution in [0.25, 0.3) is 0 Å². The molecule has 0 saturated heterocycles. The number of aliphatic hydroxyl groups excluding tert-OH is 1. The topological polar surface area (TPSA) is 57.5 Å². The van der Waals surface area contributed by atoms with Crippen LogP contribution in [0.5, 0.6) is 0 Å². The number of halogens is 2. The van der Waals surface area contributed by atoms with E-state index >= 15 is 0 Å². The molecule has 0 aliphatic carbocycles. The summed E-state index contributed by atoms with van der Waals surface area (Å²) in [4.78, 5) is 10.3. The van der Waals surface area contributed by atoms with Crippen molar-refractivity contribution < 1.29 is 15.0 Å². The van der Waals surface area contributed by atoms with Crippen molar-refractivity contribution in [3.63, 3.8) is 0 Å². The quantitative estimate of drug-likeness (QED) is 0.882. The third-order valence-electron chi connectivity index (χ3n) is 1.67. The molecule has 3 nitrogen and oxygen atoms in total. The van der Waals surface area contributed by atoms with Gasteiger partial charge in [-0.3, -0.25) is 4.79 Å². The minimum Gasteiger partial charge on any atom is -0.481 e. The molecule has 0 spiro atoms. The molecule has 1 unspecified atom stereocenters. The highest BCUT2D eigenvalue weighted by Gasteiger charge is 2.15. The molecule has 0 radical (unpaired) electrons. The monoisotopic (exact) mass is 342 g/mol. The fourth-order valence-electron chi connectivity index (χ4n) is 0.996. The summed E-state index contributed by atoms with van der Waals surface area (Å²) >= 11 is 8.06. The van der Waals surface area contributed by atoms with Gasteiger partial charge in [-0.1, -0.05) is 0 Å². The third kappa shape index (κ3) is 3.34. The van der Waals surface area contributed by atoms with Crippen LogP contribution >= 0.6 is 43.2 Å². The molecule has 6 heteroatoms. The van der Waals surface area contributed by atoms with Crippen LogP contribution in [0.3, 0.4) is 0 Å². The standard InChI is InChI=1S/C8H8Br2O3S/c9-6-3-4(8(10)14-6)5(11)1-2-7(12)13/h3,5,11H,1-2H2,(H,12,13). The summed E-state index contributed by atoms with van der Waals surface area (Å²) in [6, 6.07) is 1.79. The molecule has 1 aromatic rings. The van der Waals surface area contributed by atoms with Crippen molar-refractivity contribution in [1.82, 2.24) is 0 Å². The Morgan fingerprint density at radius 2 is 2.21 bits per heavy atom. The Bertz CT molecular complexity index is 337. The second kappa shape index (κ2) is 5.25. The van der Waals surface area contributed by atoms with Crippen molar-refractivity contribution >= 4 is 49.2 Å². The average molecular weight is 344 g/mol. The normalized spacial score (nSPS) is 12.8. The largest absolute Gasteiger partial charge is 0.481 e. The van der Waals surface area contributed by atoms with Crippen molar-refractivity contribution in [1.29, 1.82) is 0 Å². The van der Waals surface area contributed by atoms with Gasteiger partial charge in [-0.25, -0.2) is 0 Å². The summed E-state index contributed by atoms with van der Waals surface area (Å²) in [6.07, 6.45) is -0.513. The van der Waals surface area contributed by atoms with Gasteiger partial charge in [-0.2, -0.15) is 0 Å². The summed E-state index contributed by atoms with van der Waals surface area (Å²) in [5, 5.41) is 18.1. The van der Waals surface area contributed by atoms with Gasteiger partial charge in [0.2, 0.25) is 0 Å². The van der Waals surface area contributed by atoms with E-state index in [0.29, 0.717) is 0 Å². The van der Waals surface area contributed by atoms with Crippen LogP contribution < -0.4 is 0 Å². The number of hydrogen-bond acceptors (Lipinski definition) is 3. The molecule has 1 rings (SSSR count). The van der Waals surface area contributed by atoms with E-state index in [1.165, 1.54) is 11.3 Å². The molecule has 0 saturated carbocycles. The van der Waals surface area contributed by atoms with Gasteiger partial charge in [0, 0.05) is 12.0 Å². The zero-order chi connectivity index (χ0) is 10.7. The number of thiophene rings is 1. The Balaban J connectivity index is 2.64. The van der Waals surface area contributed by atoms with E-state index in [1.807, 2.05) is 0 Å². The SMILES string of the molecule is O=C(O)CCC(O)c1cc(Br)sc1Br. The first-order valence-corrected chi connectivity index (χ1v) is 6.25. The lowest BCUT2D eigenvalue weighted by Crippen LogP contribution is -2.01. The molecule has 1 aromatic heterocycles. The molecule has 1 heterocycles. The van der Waals surface area contributed by atoms with E-state index < -0.39 is 12.1 Å². The number of carboxylic acid groups (broad SMARTS) is 1. The minimum atomic E-state index is -0.894. The van der Waals surface area contributed by atoms with Gasteiger partial charge >= 0.3 is 5.97 Å². The van der Waals surface area contributed by atoms with Crippen LogP contribution in [0.1, 0.15) is 24.5 Å². The zero-order valence-electron chi connectivity index (χ0n) is 7.04. The summed E-state index contributed by atoms with van der Waals surface area (Å²) in [7, 11) is 0. The average Bonchev–Trinajstić information content (AvgIpc) is 2.41. The molecule has 1 atom stereocenters. The first-order chi connectivity index (χ1) is 6.50. The van der Waals surface area contributed by atoms with Crippen LogP contribution in [-0.4, -0.2) is 16.2 Å². The van der Waals surface area contributed by atoms with Crippen LogP contribution in [0.15, 0.2) is 13.6 Å². The van der Waals surface area contributed by atoms with Gasteiger partial charge in [0.25, 0.3) is 0 Å². The highest BCUT2D eigenvalue weighted by Crippen LogP contribution is 2.36. The molecular weight excluding hydrogens is 336 g/mol. The molecular formula is C8H8Br2O3S. The minimum absolute atomic E-state index is 0.0267. The van der Waals surface area contributed by atoms with Crippen molar-refractivity contribution in [2.75, 3.05) is 0 Å². The van der Waals surface area contributed by atoms with E-state index in [1.54, 1.807) is 6.07 Å². The summed E-state index contributed by atoms with van der Waals surface area (Å²) in [5.41, 5.74) is 0.739. The number of aliphatic hydroxyl groups is 1. The highest BCUT2D eigenvalue weighted by molar-refractivity contribution is 9.12. The van der Waals surface area contributed by atoms with Crippen molar-refractivity contribution in [2.45, 2.75) is 18.9 Å². The van der Waals surface area contributed by atoms with Gasteiger partial charge in [-0.05, 0) is 44.3 Å². The second-order valence-corrected chi connectivity index (χ2v) is 6.48. The Kier molecular flexibility index (Phi) is 4.56. The Labute approximate surface area is 102 Å². The number of hydrogen-bond donors (Lipinski definition) is 2. The van der Waals surface area contributed by atoms with Gasteiger partial charge in [0.05, 0.1) is 13.7 Å². The number of carbonyl (C=O) groups is 1. The predicted octanol–water partition coefficient (Wildman–Crippen LogP) is 3.17. The van der Waals surface area contributed by atoms with E-state index in [-0.39, 0.29) is 12.8 Å². The van der Waals surface area contributed by atoms with Crippen molar-refractivity contribution in [3.05, 3.63) is 19.2 Å². The number of aliphatic carboxylic acids is 1. The molecule has 0 fully saturated rings. The van der Waals surface area contributed by atoms with E-state index in [2.05, 4.69) is 31.9 Å². The Hall–Kier alpha value is 0.0900. The predicted molar refractivity (Wildman–Crippen MR) is 61.5 cm³/mol. The second-order valence-electron chi connectivity index (χ2n) is 2.73. The molecule has 0 aliphatic rings. The number of rotatable bonds is 4. The molecule has 0 bridgehead atoms. The third-order valence-corrected chi connectivity index (χ3v) is 4.06. The molecule has 2 N–H and O–H groups in total. The van der Waals surface area contributed by atoms with E-state index in [9.17, 15) is 9.90 Å². The van der Waals surface area contributed by atoms with E-state index in [4.69, 9.17) is 5.11 Å². The zero-order valence-corrected chi connectivity index (χ0v) is 11.0. The van der Waals surface area contributed by atoms with E-state index in [0.717, 1.165) is 13.1 Å². The maximum Gasteiger partial charge on any atom is 0.303 e. The molecule has 0 amide bonds. The smallest absolute Gasteiger partial charge is 0.303 e. The molecule has 0 aliphatic heterocycles. The lowest BCUT2D eigenvalue weighted by atomic mass is 10.1. The van der Waals surface area contributed by atoms with Crippen LogP contribution in [0, 0.1) is 0 Å². The molecule has 14 heavy (non-hydrogen) atoms.